The molecular formula is C21H30N4O2. The standard InChI is InChI=1S/C21H30N4O2/c26-19(13-21-10-15-7-16(11-21)9-17(8-15)12-21)23-14-18-1-2-22-20(24-18)25-3-5-27-6-4-25/h1-2,15-17H,3-14H2,(H,23,26). The molecule has 0 aromatic carbocycles. The molecule has 146 valence electrons. The van der Waals surface area contributed by atoms with Gasteiger partial charge in [0, 0.05) is 25.7 Å². The van der Waals surface area contributed by atoms with Crippen LogP contribution in [-0.4, -0.2) is 42.2 Å². The fourth-order valence-electron chi connectivity index (χ4n) is 6.50. The number of rotatable bonds is 5. The van der Waals surface area contributed by atoms with Crippen molar-refractivity contribution in [1.82, 2.24) is 15.3 Å². The van der Waals surface area contributed by atoms with Gasteiger partial charge in [-0.1, -0.05) is 0 Å². The summed E-state index contributed by atoms with van der Waals surface area (Å²) < 4.78 is 5.39. The molecule has 0 atom stereocenters. The summed E-state index contributed by atoms with van der Waals surface area (Å²) >= 11 is 0. The molecular weight excluding hydrogens is 340 g/mol. The summed E-state index contributed by atoms with van der Waals surface area (Å²) in [4.78, 5) is 23.9. The number of anilines is 1. The topological polar surface area (TPSA) is 67.4 Å². The number of aromatic nitrogens is 2. The average molecular weight is 370 g/mol. The number of morpholine rings is 1. The molecule has 1 amide bonds. The van der Waals surface area contributed by atoms with E-state index in [2.05, 4.69) is 20.2 Å². The molecule has 2 heterocycles. The third kappa shape index (κ3) is 3.68. The van der Waals surface area contributed by atoms with Crippen LogP contribution >= 0.6 is 0 Å². The van der Waals surface area contributed by atoms with Crippen molar-refractivity contribution < 1.29 is 9.53 Å². The summed E-state index contributed by atoms with van der Waals surface area (Å²) in [5.74, 6) is 3.61. The van der Waals surface area contributed by atoms with Crippen molar-refractivity contribution >= 4 is 11.9 Å². The molecule has 0 unspecified atom stereocenters. The highest BCUT2D eigenvalue weighted by molar-refractivity contribution is 5.76. The van der Waals surface area contributed by atoms with Gasteiger partial charge in [0.15, 0.2) is 0 Å². The van der Waals surface area contributed by atoms with Crippen LogP contribution in [0.1, 0.15) is 50.6 Å². The monoisotopic (exact) mass is 370 g/mol. The van der Waals surface area contributed by atoms with E-state index in [1.165, 1.54) is 38.5 Å². The molecule has 1 N–H and O–H groups in total. The largest absolute Gasteiger partial charge is 0.378 e. The van der Waals surface area contributed by atoms with E-state index < -0.39 is 0 Å². The molecule has 6 heteroatoms. The van der Waals surface area contributed by atoms with Gasteiger partial charge in [-0.3, -0.25) is 4.79 Å². The minimum Gasteiger partial charge on any atom is -0.378 e. The van der Waals surface area contributed by atoms with Crippen molar-refractivity contribution in [2.45, 2.75) is 51.5 Å². The van der Waals surface area contributed by atoms with Crippen molar-refractivity contribution in [3.05, 3.63) is 18.0 Å². The lowest BCUT2D eigenvalue weighted by molar-refractivity contribution is -0.129. The molecule has 1 aliphatic heterocycles. The van der Waals surface area contributed by atoms with Crippen LogP contribution in [0, 0.1) is 23.2 Å². The minimum absolute atomic E-state index is 0.198. The number of carbonyl (C=O) groups is 1. The second-order valence-electron chi connectivity index (χ2n) is 9.32. The summed E-state index contributed by atoms with van der Waals surface area (Å²) in [7, 11) is 0. The van der Waals surface area contributed by atoms with Crippen LogP contribution in [0.4, 0.5) is 5.95 Å². The van der Waals surface area contributed by atoms with E-state index in [1.807, 2.05) is 6.07 Å². The van der Waals surface area contributed by atoms with Crippen LogP contribution in [0.5, 0.6) is 0 Å². The predicted octanol–water partition coefficient (Wildman–Crippen LogP) is 2.54. The van der Waals surface area contributed by atoms with E-state index in [-0.39, 0.29) is 5.91 Å². The number of nitrogens with one attached hydrogen (secondary N) is 1. The molecule has 4 bridgehead atoms. The van der Waals surface area contributed by atoms with Crippen molar-refractivity contribution in [2.75, 3.05) is 31.2 Å². The number of carbonyl (C=O) groups excluding carboxylic acids is 1. The number of hydrogen-bond donors (Lipinski definition) is 1. The molecule has 1 aromatic rings. The van der Waals surface area contributed by atoms with E-state index in [0.717, 1.165) is 55.7 Å². The molecule has 1 saturated heterocycles. The summed E-state index contributed by atoms with van der Waals surface area (Å²) in [5, 5.41) is 3.13. The van der Waals surface area contributed by atoms with Crippen molar-refractivity contribution in [2.24, 2.45) is 23.2 Å². The molecule has 0 spiro atoms. The third-order valence-electron chi connectivity index (χ3n) is 7.16. The smallest absolute Gasteiger partial charge is 0.225 e. The van der Waals surface area contributed by atoms with Gasteiger partial charge in [0.2, 0.25) is 11.9 Å². The molecule has 4 aliphatic carbocycles. The van der Waals surface area contributed by atoms with Crippen LogP contribution in [0.2, 0.25) is 0 Å². The number of hydrogen-bond acceptors (Lipinski definition) is 5. The maximum atomic E-state index is 12.7. The van der Waals surface area contributed by atoms with Gasteiger partial charge in [-0.15, -0.1) is 0 Å². The fourth-order valence-corrected chi connectivity index (χ4v) is 6.50. The molecule has 4 saturated carbocycles. The molecule has 5 fully saturated rings. The van der Waals surface area contributed by atoms with E-state index >= 15 is 0 Å². The van der Waals surface area contributed by atoms with Gasteiger partial charge in [0.25, 0.3) is 0 Å². The van der Waals surface area contributed by atoms with Crippen molar-refractivity contribution in [3.8, 4) is 0 Å². The molecule has 6 rings (SSSR count). The van der Waals surface area contributed by atoms with Crippen LogP contribution in [-0.2, 0) is 16.1 Å². The normalized spacial score (nSPS) is 34.7. The first kappa shape index (κ1) is 17.4. The quantitative estimate of drug-likeness (QED) is 0.863. The van der Waals surface area contributed by atoms with Gasteiger partial charge in [0.05, 0.1) is 25.5 Å². The van der Waals surface area contributed by atoms with E-state index in [4.69, 9.17) is 4.74 Å². The van der Waals surface area contributed by atoms with Crippen LogP contribution in [0.3, 0.4) is 0 Å². The second kappa shape index (κ2) is 7.04. The lowest BCUT2D eigenvalue weighted by atomic mass is 9.49. The Labute approximate surface area is 161 Å². The number of ether oxygens (including phenoxy) is 1. The Morgan fingerprint density at radius 1 is 1.15 bits per heavy atom. The maximum absolute atomic E-state index is 12.7. The molecule has 0 radical (unpaired) electrons. The van der Waals surface area contributed by atoms with Gasteiger partial charge < -0.3 is 15.0 Å². The first-order valence-corrected chi connectivity index (χ1v) is 10.6. The zero-order valence-corrected chi connectivity index (χ0v) is 16.0. The predicted molar refractivity (Wildman–Crippen MR) is 102 cm³/mol. The van der Waals surface area contributed by atoms with Gasteiger partial charge in [-0.2, -0.15) is 0 Å². The number of amides is 1. The summed E-state index contributed by atoms with van der Waals surface area (Å²) in [6.07, 6.45) is 10.6. The summed E-state index contributed by atoms with van der Waals surface area (Å²) in [5.41, 5.74) is 1.18. The van der Waals surface area contributed by atoms with Crippen LogP contribution < -0.4 is 10.2 Å². The molecule has 6 nitrogen and oxygen atoms in total. The van der Waals surface area contributed by atoms with Gasteiger partial charge >= 0.3 is 0 Å². The van der Waals surface area contributed by atoms with Crippen molar-refractivity contribution in [1.29, 1.82) is 0 Å². The van der Waals surface area contributed by atoms with Crippen molar-refractivity contribution in [3.63, 3.8) is 0 Å². The van der Waals surface area contributed by atoms with Crippen LogP contribution in [0.25, 0.3) is 0 Å². The Hall–Kier alpha value is -1.69. The number of nitrogens with zero attached hydrogens (tertiary/aromatic N) is 3. The zero-order chi connectivity index (χ0) is 18.3. The first-order valence-electron chi connectivity index (χ1n) is 10.6. The first-order chi connectivity index (χ1) is 13.2. The summed E-state index contributed by atoms with van der Waals surface area (Å²) in [6, 6.07) is 1.90. The Balaban J connectivity index is 1.18. The van der Waals surface area contributed by atoms with Gasteiger partial charge in [-0.25, -0.2) is 9.97 Å². The maximum Gasteiger partial charge on any atom is 0.225 e. The fraction of sp³-hybridized carbons (Fsp3) is 0.762. The lowest BCUT2D eigenvalue weighted by Gasteiger charge is -2.56. The Morgan fingerprint density at radius 3 is 2.48 bits per heavy atom. The minimum atomic E-state index is 0.198. The van der Waals surface area contributed by atoms with E-state index in [0.29, 0.717) is 18.4 Å². The Bertz CT molecular complexity index is 666. The highest BCUT2D eigenvalue weighted by Crippen LogP contribution is 2.61. The zero-order valence-electron chi connectivity index (χ0n) is 16.0. The Morgan fingerprint density at radius 2 is 1.81 bits per heavy atom. The SMILES string of the molecule is O=C(CC12CC3CC(CC(C3)C1)C2)NCc1ccnc(N2CCOCC2)n1. The highest BCUT2D eigenvalue weighted by atomic mass is 16.5. The summed E-state index contributed by atoms with van der Waals surface area (Å²) in [6.45, 7) is 3.57. The van der Waals surface area contributed by atoms with E-state index in [9.17, 15) is 4.79 Å². The second-order valence-corrected chi connectivity index (χ2v) is 9.32. The molecule has 27 heavy (non-hydrogen) atoms. The Kier molecular flexibility index (Phi) is 4.54. The van der Waals surface area contributed by atoms with Gasteiger partial charge in [0.1, 0.15) is 0 Å². The highest BCUT2D eigenvalue weighted by Gasteiger charge is 2.51. The average Bonchev–Trinajstić information content (AvgIpc) is 2.66. The van der Waals surface area contributed by atoms with Gasteiger partial charge in [-0.05, 0) is 67.8 Å². The van der Waals surface area contributed by atoms with E-state index in [1.54, 1.807) is 6.20 Å². The third-order valence-corrected chi connectivity index (χ3v) is 7.16. The lowest BCUT2D eigenvalue weighted by Crippen LogP contribution is -2.48. The molecule has 1 aromatic heterocycles. The molecule has 5 aliphatic rings. The van der Waals surface area contributed by atoms with Crippen LogP contribution in [0.15, 0.2) is 12.3 Å².